The molecule has 0 aliphatic rings. The van der Waals surface area contributed by atoms with E-state index in [0.29, 0.717) is 21.5 Å². The van der Waals surface area contributed by atoms with Crippen LogP contribution in [-0.4, -0.2) is 13.7 Å². The first-order chi connectivity index (χ1) is 9.01. The Labute approximate surface area is 133 Å². The third-order valence-corrected chi connectivity index (χ3v) is 3.41. The van der Waals surface area contributed by atoms with Crippen LogP contribution in [0.3, 0.4) is 0 Å². The lowest BCUT2D eigenvalue weighted by atomic mass is 10.1. The fraction of sp³-hybridized carbons (Fsp3) is 0.385. The summed E-state index contributed by atoms with van der Waals surface area (Å²) in [5, 5.41) is 0.885. The second kappa shape index (κ2) is 8.11. The van der Waals surface area contributed by atoms with E-state index in [1.807, 2.05) is 0 Å². The van der Waals surface area contributed by atoms with Crippen molar-refractivity contribution in [2.75, 3.05) is 13.7 Å². The van der Waals surface area contributed by atoms with Crippen LogP contribution < -0.4 is 9.47 Å². The van der Waals surface area contributed by atoms with Gasteiger partial charge in [-0.25, -0.2) is 0 Å². The molecular weight excluding hydrogens is 330 g/mol. The van der Waals surface area contributed by atoms with Gasteiger partial charge >= 0.3 is 0 Å². The van der Waals surface area contributed by atoms with E-state index in [2.05, 4.69) is 6.92 Å². The highest BCUT2D eigenvalue weighted by molar-refractivity contribution is 6.55. The molecule has 0 aliphatic heterocycles. The maximum Gasteiger partial charge on any atom is 0.156 e. The van der Waals surface area contributed by atoms with Gasteiger partial charge in [0.2, 0.25) is 0 Å². The molecule has 1 aromatic rings. The number of benzene rings is 1. The molecule has 106 valence electrons. The Bertz CT molecular complexity index is 468. The van der Waals surface area contributed by atoms with Gasteiger partial charge in [-0.05, 0) is 12.5 Å². The molecule has 6 heteroatoms. The molecule has 0 saturated heterocycles. The minimum Gasteiger partial charge on any atom is -0.494 e. The molecule has 0 heterocycles. The van der Waals surface area contributed by atoms with Gasteiger partial charge in [-0.3, -0.25) is 0 Å². The van der Waals surface area contributed by atoms with E-state index in [4.69, 9.17) is 55.9 Å². The summed E-state index contributed by atoms with van der Waals surface area (Å²) in [6, 6.07) is 1.69. The van der Waals surface area contributed by atoms with Crippen LogP contribution in [0.15, 0.2) is 16.6 Å². The highest BCUT2D eigenvalue weighted by Crippen LogP contribution is 2.41. The second-order valence-electron chi connectivity index (χ2n) is 3.74. The number of hydrogen-bond acceptors (Lipinski definition) is 2. The molecule has 0 spiro atoms. The van der Waals surface area contributed by atoms with Gasteiger partial charge in [-0.15, -0.1) is 0 Å². The Balaban J connectivity index is 3.11. The van der Waals surface area contributed by atoms with Crippen molar-refractivity contribution in [1.29, 1.82) is 0 Å². The predicted molar refractivity (Wildman–Crippen MR) is 82.3 cm³/mol. The van der Waals surface area contributed by atoms with Crippen LogP contribution in [0.5, 0.6) is 11.5 Å². The van der Waals surface area contributed by atoms with Gasteiger partial charge in [0.05, 0.1) is 17.2 Å². The second-order valence-corrected chi connectivity index (χ2v) is 5.53. The van der Waals surface area contributed by atoms with Crippen molar-refractivity contribution in [3.63, 3.8) is 0 Å². The Morgan fingerprint density at radius 2 is 2.00 bits per heavy atom. The molecular formula is C13H14Cl4O2. The fourth-order valence-corrected chi connectivity index (χ4v) is 2.42. The number of halogens is 4. The lowest BCUT2D eigenvalue weighted by molar-refractivity contribution is 0.356. The van der Waals surface area contributed by atoms with Crippen LogP contribution in [0.1, 0.15) is 18.9 Å². The summed E-state index contributed by atoms with van der Waals surface area (Å²) in [6.07, 6.45) is 3.23. The maximum atomic E-state index is 6.28. The fourth-order valence-electron chi connectivity index (χ4n) is 1.61. The highest BCUT2D eigenvalue weighted by Gasteiger charge is 2.17. The third-order valence-electron chi connectivity index (χ3n) is 2.42. The zero-order chi connectivity index (χ0) is 14.4. The largest absolute Gasteiger partial charge is 0.494 e. The minimum absolute atomic E-state index is 0.155. The van der Waals surface area contributed by atoms with Crippen molar-refractivity contribution in [1.82, 2.24) is 0 Å². The topological polar surface area (TPSA) is 18.5 Å². The van der Waals surface area contributed by atoms with Crippen LogP contribution in [0.25, 0.3) is 0 Å². The number of ether oxygens (including phenoxy) is 2. The van der Waals surface area contributed by atoms with Crippen molar-refractivity contribution in [3.8, 4) is 11.5 Å². The summed E-state index contributed by atoms with van der Waals surface area (Å²) in [6.45, 7) is 2.30. The van der Waals surface area contributed by atoms with Crippen LogP contribution in [0, 0.1) is 0 Å². The molecule has 19 heavy (non-hydrogen) atoms. The Morgan fingerprint density at radius 1 is 1.32 bits per heavy atom. The van der Waals surface area contributed by atoms with E-state index in [1.165, 1.54) is 7.11 Å². The Kier molecular flexibility index (Phi) is 7.16. The summed E-state index contributed by atoms with van der Waals surface area (Å²) in [4.78, 5) is 0. The van der Waals surface area contributed by atoms with Crippen LogP contribution in [-0.2, 0) is 6.42 Å². The molecule has 0 unspecified atom stereocenters. The van der Waals surface area contributed by atoms with E-state index >= 15 is 0 Å². The van der Waals surface area contributed by atoms with Crippen molar-refractivity contribution < 1.29 is 9.47 Å². The summed E-state index contributed by atoms with van der Waals surface area (Å²) < 4.78 is 10.9. The first kappa shape index (κ1) is 16.8. The molecule has 0 atom stereocenters. The number of rotatable bonds is 6. The SMILES string of the molecule is CCCc1c(OCC=C(Cl)Cl)cc(Cl)c(OC)c1Cl. The van der Waals surface area contributed by atoms with E-state index in [1.54, 1.807) is 12.1 Å². The van der Waals surface area contributed by atoms with Gasteiger partial charge in [0.1, 0.15) is 16.8 Å². The van der Waals surface area contributed by atoms with Crippen molar-refractivity contribution in [2.45, 2.75) is 19.8 Å². The standard InChI is InChI=1S/C13H14Cl4O2/c1-3-4-8-10(19-6-5-11(15)16)7-9(14)13(18-2)12(8)17/h5,7H,3-4,6H2,1-2H3. The molecule has 0 amide bonds. The van der Waals surface area contributed by atoms with Crippen molar-refractivity contribution in [3.05, 3.63) is 32.2 Å². The quantitative estimate of drug-likeness (QED) is 0.664. The smallest absolute Gasteiger partial charge is 0.156 e. The van der Waals surface area contributed by atoms with Crippen LogP contribution in [0.4, 0.5) is 0 Å². The molecule has 1 rings (SSSR count). The maximum absolute atomic E-state index is 6.28. The van der Waals surface area contributed by atoms with Gasteiger partial charge < -0.3 is 9.47 Å². The number of hydrogen-bond donors (Lipinski definition) is 0. The van der Waals surface area contributed by atoms with E-state index < -0.39 is 0 Å². The van der Waals surface area contributed by atoms with Gasteiger partial charge in [0.15, 0.2) is 5.75 Å². The highest BCUT2D eigenvalue weighted by atomic mass is 35.5. The molecule has 1 aromatic carbocycles. The molecule has 0 radical (unpaired) electrons. The van der Waals surface area contributed by atoms with Crippen molar-refractivity contribution in [2.24, 2.45) is 0 Å². The monoisotopic (exact) mass is 342 g/mol. The lowest BCUT2D eigenvalue weighted by Gasteiger charge is -2.15. The lowest BCUT2D eigenvalue weighted by Crippen LogP contribution is -2.00. The molecule has 0 bridgehead atoms. The molecule has 2 nitrogen and oxygen atoms in total. The molecule has 0 aliphatic carbocycles. The van der Waals surface area contributed by atoms with Crippen LogP contribution in [0.2, 0.25) is 10.0 Å². The average molecular weight is 344 g/mol. The van der Waals surface area contributed by atoms with E-state index in [9.17, 15) is 0 Å². The van der Waals surface area contributed by atoms with Gasteiger partial charge in [0.25, 0.3) is 0 Å². The number of methoxy groups -OCH3 is 1. The van der Waals surface area contributed by atoms with Gasteiger partial charge in [-0.2, -0.15) is 0 Å². The molecule has 0 saturated carbocycles. The van der Waals surface area contributed by atoms with Crippen LogP contribution >= 0.6 is 46.4 Å². The average Bonchev–Trinajstić information content (AvgIpc) is 2.34. The van der Waals surface area contributed by atoms with E-state index in [-0.39, 0.29) is 11.1 Å². The molecule has 0 N–H and O–H groups in total. The van der Waals surface area contributed by atoms with Gasteiger partial charge in [0, 0.05) is 11.6 Å². The normalized spacial score (nSPS) is 10.2. The first-order valence-electron chi connectivity index (χ1n) is 5.70. The van der Waals surface area contributed by atoms with E-state index in [0.717, 1.165) is 18.4 Å². The minimum atomic E-state index is 0.155. The summed E-state index contributed by atoms with van der Waals surface area (Å²) in [7, 11) is 1.53. The van der Waals surface area contributed by atoms with Gasteiger partial charge in [-0.1, -0.05) is 59.7 Å². The summed E-state index contributed by atoms with van der Waals surface area (Å²) >= 11 is 23.4. The summed E-state index contributed by atoms with van der Waals surface area (Å²) in [5.41, 5.74) is 0.865. The zero-order valence-electron chi connectivity index (χ0n) is 10.6. The third kappa shape index (κ3) is 4.64. The predicted octanol–water partition coefficient (Wildman–Crippen LogP) is 5.65. The summed E-state index contributed by atoms with van der Waals surface area (Å²) in [5.74, 6) is 1.08. The Hall–Kier alpha value is -0.280. The molecule has 0 fully saturated rings. The zero-order valence-corrected chi connectivity index (χ0v) is 13.6. The first-order valence-corrected chi connectivity index (χ1v) is 7.21. The Morgan fingerprint density at radius 3 is 2.53 bits per heavy atom. The van der Waals surface area contributed by atoms with Crippen molar-refractivity contribution >= 4 is 46.4 Å². The molecule has 0 aromatic heterocycles.